The van der Waals surface area contributed by atoms with Gasteiger partial charge in [-0.3, -0.25) is 0 Å². The molecule has 2 aromatic rings. The number of hydrogen-bond donors (Lipinski definition) is 2. The highest BCUT2D eigenvalue weighted by atomic mass is 16.5. The number of benzene rings is 2. The third-order valence-corrected chi connectivity index (χ3v) is 3.22. The Hall–Kier alpha value is -1.90. The van der Waals surface area contributed by atoms with Gasteiger partial charge >= 0.3 is 0 Å². The summed E-state index contributed by atoms with van der Waals surface area (Å²) in [5, 5.41) is 1.93. The molecule has 17 heavy (non-hydrogen) atoms. The number of nitrogens with two attached hydrogens (primary N) is 2. The van der Waals surface area contributed by atoms with Crippen molar-refractivity contribution in [1.29, 1.82) is 0 Å². The first-order chi connectivity index (χ1) is 8.16. The first-order valence-electron chi connectivity index (χ1n) is 5.91. The Morgan fingerprint density at radius 2 is 2.00 bits per heavy atom. The van der Waals surface area contributed by atoms with Gasteiger partial charge in [0.25, 0.3) is 0 Å². The van der Waals surface area contributed by atoms with Crippen molar-refractivity contribution >= 4 is 22.1 Å². The van der Waals surface area contributed by atoms with Crippen LogP contribution in [-0.4, -0.2) is 6.10 Å². The average molecular weight is 228 g/mol. The summed E-state index contributed by atoms with van der Waals surface area (Å²) in [6.07, 6.45) is 2.64. The topological polar surface area (TPSA) is 61.3 Å². The lowest BCUT2D eigenvalue weighted by atomic mass is 10.0. The van der Waals surface area contributed by atoms with Crippen molar-refractivity contribution in [2.75, 3.05) is 11.5 Å². The standard InChI is InChI=1S/C14H16N2O/c1-8-7-12(17-9-5-6-9)13-10(14(8)16)3-2-4-11(13)15/h2-4,7,9H,5-6,15-16H2,1H3. The molecule has 3 nitrogen and oxygen atoms in total. The Labute approximate surface area is 100 Å². The number of ether oxygens (including phenoxy) is 1. The predicted octanol–water partition coefficient (Wildman–Crippen LogP) is 2.85. The molecule has 0 bridgehead atoms. The number of anilines is 2. The predicted molar refractivity (Wildman–Crippen MR) is 71.2 cm³/mol. The number of aryl methyl sites for hydroxylation is 1. The highest BCUT2D eigenvalue weighted by molar-refractivity contribution is 6.05. The zero-order valence-electron chi connectivity index (χ0n) is 9.86. The molecule has 88 valence electrons. The minimum atomic E-state index is 0.362. The molecule has 0 heterocycles. The Morgan fingerprint density at radius 3 is 2.71 bits per heavy atom. The van der Waals surface area contributed by atoms with Crippen molar-refractivity contribution < 1.29 is 4.74 Å². The van der Waals surface area contributed by atoms with Gasteiger partial charge in [0.1, 0.15) is 5.75 Å². The second kappa shape index (κ2) is 3.55. The van der Waals surface area contributed by atoms with Gasteiger partial charge in [0.15, 0.2) is 0 Å². The summed E-state index contributed by atoms with van der Waals surface area (Å²) in [5.74, 6) is 0.868. The highest BCUT2D eigenvalue weighted by Crippen LogP contribution is 2.39. The summed E-state index contributed by atoms with van der Waals surface area (Å²) in [6.45, 7) is 2.00. The SMILES string of the molecule is Cc1cc(OC2CC2)c2c(N)cccc2c1N. The maximum atomic E-state index is 6.09. The van der Waals surface area contributed by atoms with E-state index in [0.29, 0.717) is 6.10 Å². The van der Waals surface area contributed by atoms with Gasteiger partial charge in [0.05, 0.1) is 6.10 Å². The van der Waals surface area contributed by atoms with Gasteiger partial charge in [-0.05, 0) is 37.5 Å². The number of nitrogen functional groups attached to an aromatic ring is 2. The molecule has 1 aliphatic carbocycles. The Kier molecular flexibility index (Phi) is 2.15. The molecular weight excluding hydrogens is 212 g/mol. The van der Waals surface area contributed by atoms with Crippen LogP contribution < -0.4 is 16.2 Å². The molecule has 0 spiro atoms. The molecular formula is C14H16N2O. The maximum absolute atomic E-state index is 6.09. The Morgan fingerprint density at radius 1 is 1.24 bits per heavy atom. The fourth-order valence-electron chi connectivity index (χ4n) is 2.09. The van der Waals surface area contributed by atoms with E-state index < -0.39 is 0 Å². The van der Waals surface area contributed by atoms with Crippen LogP contribution >= 0.6 is 0 Å². The molecule has 0 saturated heterocycles. The van der Waals surface area contributed by atoms with Crippen LogP contribution in [0.5, 0.6) is 5.75 Å². The van der Waals surface area contributed by atoms with Crippen molar-refractivity contribution in [2.45, 2.75) is 25.9 Å². The molecule has 1 aliphatic rings. The van der Waals surface area contributed by atoms with Crippen LogP contribution in [-0.2, 0) is 0 Å². The van der Waals surface area contributed by atoms with Crippen LogP contribution in [0.4, 0.5) is 11.4 Å². The summed E-state index contributed by atoms with van der Waals surface area (Å²) < 4.78 is 5.92. The van der Waals surface area contributed by atoms with E-state index in [1.54, 1.807) is 0 Å². The second-order valence-corrected chi connectivity index (χ2v) is 4.69. The lowest BCUT2D eigenvalue weighted by molar-refractivity contribution is 0.307. The Bertz CT molecular complexity index is 588. The fourth-order valence-corrected chi connectivity index (χ4v) is 2.09. The van der Waals surface area contributed by atoms with Gasteiger partial charge < -0.3 is 16.2 Å². The van der Waals surface area contributed by atoms with Crippen LogP contribution in [0.15, 0.2) is 24.3 Å². The third-order valence-electron chi connectivity index (χ3n) is 3.22. The summed E-state index contributed by atoms with van der Waals surface area (Å²) in [6, 6.07) is 7.80. The highest BCUT2D eigenvalue weighted by Gasteiger charge is 2.25. The molecule has 4 N–H and O–H groups in total. The zero-order valence-corrected chi connectivity index (χ0v) is 9.86. The summed E-state index contributed by atoms with van der Waals surface area (Å²) in [4.78, 5) is 0. The van der Waals surface area contributed by atoms with E-state index >= 15 is 0 Å². The zero-order chi connectivity index (χ0) is 12.0. The quantitative estimate of drug-likeness (QED) is 0.777. The molecule has 3 heteroatoms. The molecule has 0 aliphatic heterocycles. The maximum Gasteiger partial charge on any atom is 0.130 e. The van der Waals surface area contributed by atoms with E-state index in [0.717, 1.165) is 46.3 Å². The molecule has 0 unspecified atom stereocenters. The minimum absolute atomic E-state index is 0.362. The van der Waals surface area contributed by atoms with E-state index in [1.807, 2.05) is 31.2 Å². The summed E-state index contributed by atoms with van der Waals surface area (Å²) in [5.41, 5.74) is 14.7. The second-order valence-electron chi connectivity index (χ2n) is 4.69. The number of hydrogen-bond acceptors (Lipinski definition) is 3. The van der Waals surface area contributed by atoms with Gasteiger partial charge in [-0.25, -0.2) is 0 Å². The van der Waals surface area contributed by atoms with Crippen molar-refractivity contribution in [2.24, 2.45) is 0 Å². The van der Waals surface area contributed by atoms with Gasteiger partial charge in [-0.15, -0.1) is 0 Å². The van der Waals surface area contributed by atoms with Crippen molar-refractivity contribution in [3.05, 3.63) is 29.8 Å². The van der Waals surface area contributed by atoms with Crippen molar-refractivity contribution in [3.63, 3.8) is 0 Å². The number of rotatable bonds is 2. The van der Waals surface area contributed by atoms with E-state index in [1.165, 1.54) is 0 Å². The van der Waals surface area contributed by atoms with Crippen LogP contribution in [0.3, 0.4) is 0 Å². The third kappa shape index (κ3) is 1.68. The summed E-state index contributed by atoms with van der Waals surface area (Å²) >= 11 is 0. The molecule has 1 saturated carbocycles. The molecule has 0 atom stereocenters. The first-order valence-corrected chi connectivity index (χ1v) is 5.91. The smallest absolute Gasteiger partial charge is 0.130 e. The van der Waals surface area contributed by atoms with E-state index in [-0.39, 0.29) is 0 Å². The molecule has 2 aromatic carbocycles. The molecule has 0 radical (unpaired) electrons. The molecule has 1 fully saturated rings. The van der Waals surface area contributed by atoms with Gasteiger partial charge in [0, 0.05) is 22.1 Å². The monoisotopic (exact) mass is 228 g/mol. The average Bonchev–Trinajstić information content (AvgIpc) is 3.09. The van der Waals surface area contributed by atoms with E-state index in [4.69, 9.17) is 16.2 Å². The van der Waals surface area contributed by atoms with Crippen molar-refractivity contribution in [1.82, 2.24) is 0 Å². The van der Waals surface area contributed by atoms with Gasteiger partial charge in [-0.1, -0.05) is 12.1 Å². The van der Waals surface area contributed by atoms with Crippen molar-refractivity contribution in [3.8, 4) is 5.75 Å². The normalized spacial score (nSPS) is 15.1. The summed E-state index contributed by atoms with van der Waals surface area (Å²) in [7, 11) is 0. The largest absolute Gasteiger partial charge is 0.490 e. The molecule has 0 amide bonds. The fraction of sp³-hybridized carbons (Fsp3) is 0.286. The van der Waals surface area contributed by atoms with Gasteiger partial charge in [-0.2, -0.15) is 0 Å². The van der Waals surface area contributed by atoms with Crippen LogP contribution in [0, 0.1) is 6.92 Å². The van der Waals surface area contributed by atoms with Crippen LogP contribution in [0.2, 0.25) is 0 Å². The minimum Gasteiger partial charge on any atom is -0.490 e. The first kappa shape index (κ1) is 10.3. The molecule has 0 aromatic heterocycles. The van der Waals surface area contributed by atoms with Crippen LogP contribution in [0.25, 0.3) is 10.8 Å². The van der Waals surface area contributed by atoms with E-state index in [2.05, 4.69) is 0 Å². The van der Waals surface area contributed by atoms with Gasteiger partial charge in [0.2, 0.25) is 0 Å². The van der Waals surface area contributed by atoms with Crippen LogP contribution in [0.1, 0.15) is 18.4 Å². The lowest BCUT2D eigenvalue weighted by Gasteiger charge is -2.14. The Balaban J connectivity index is 2.28. The lowest BCUT2D eigenvalue weighted by Crippen LogP contribution is -2.01. The molecule has 3 rings (SSSR count). The number of fused-ring (bicyclic) bond motifs is 1. The van der Waals surface area contributed by atoms with E-state index in [9.17, 15) is 0 Å².